The van der Waals surface area contributed by atoms with Gasteiger partial charge in [0.25, 0.3) is 0 Å². The van der Waals surface area contributed by atoms with Crippen molar-refractivity contribution in [3.8, 4) is 0 Å². The minimum atomic E-state index is -0.427. The van der Waals surface area contributed by atoms with Gasteiger partial charge in [-0.2, -0.15) is 0 Å². The standard InChI is InChI=1S/C20H38N2O3/c1-18(2,3)11-16(14-23)21-15-12-20(13-15)7-9-22(10-8-20)17(24)25-19(4,5)6/h15-16,21,23H,7-14H2,1-6H3. The lowest BCUT2D eigenvalue weighted by molar-refractivity contribution is -0.0199. The van der Waals surface area contributed by atoms with Crippen LogP contribution in [0.2, 0.25) is 0 Å². The van der Waals surface area contributed by atoms with Crippen molar-refractivity contribution < 1.29 is 14.6 Å². The molecule has 1 atom stereocenters. The minimum Gasteiger partial charge on any atom is -0.444 e. The molecule has 2 fully saturated rings. The maximum Gasteiger partial charge on any atom is 0.410 e. The Balaban J connectivity index is 1.74. The molecule has 5 heteroatoms. The number of likely N-dealkylation sites (tertiary alicyclic amines) is 1. The number of piperidine rings is 1. The Morgan fingerprint density at radius 2 is 1.76 bits per heavy atom. The Hall–Kier alpha value is -0.810. The van der Waals surface area contributed by atoms with Gasteiger partial charge in [0, 0.05) is 25.2 Å². The average Bonchev–Trinajstić information content (AvgIpc) is 2.42. The predicted octanol–water partition coefficient (Wildman–Crippen LogP) is 3.55. The number of carbonyl (C=O) groups is 1. The SMILES string of the molecule is CC(C)(C)CC(CO)NC1CC2(CCN(C(=O)OC(C)(C)C)CC2)C1. The molecule has 1 heterocycles. The zero-order valence-electron chi connectivity index (χ0n) is 17.0. The van der Waals surface area contributed by atoms with Crippen molar-refractivity contribution in [1.82, 2.24) is 10.2 Å². The van der Waals surface area contributed by atoms with E-state index in [2.05, 4.69) is 26.1 Å². The molecule has 0 bridgehead atoms. The molecule has 1 aliphatic carbocycles. The number of nitrogens with zero attached hydrogens (tertiary/aromatic N) is 1. The smallest absolute Gasteiger partial charge is 0.410 e. The van der Waals surface area contributed by atoms with E-state index in [1.165, 1.54) is 0 Å². The van der Waals surface area contributed by atoms with Crippen LogP contribution >= 0.6 is 0 Å². The number of ether oxygens (including phenoxy) is 1. The van der Waals surface area contributed by atoms with Gasteiger partial charge in [-0.25, -0.2) is 4.79 Å². The summed E-state index contributed by atoms with van der Waals surface area (Å²) in [7, 11) is 0. The maximum absolute atomic E-state index is 12.2. The number of aliphatic hydroxyl groups is 1. The van der Waals surface area contributed by atoms with Gasteiger partial charge in [-0.15, -0.1) is 0 Å². The highest BCUT2D eigenvalue weighted by molar-refractivity contribution is 5.68. The van der Waals surface area contributed by atoms with Crippen LogP contribution in [0.5, 0.6) is 0 Å². The summed E-state index contributed by atoms with van der Waals surface area (Å²) in [5, 5.41) is 13.3. The lowest BCUT2D eigenvalue weighted by atomic mass is 9.60. The van der Waals surface area contributed by atoms with Crippen LogP contribution in [0.4, 0.5) is 4.79 Å². The first-order chi connectivity index (χ1) is 11.4. The van der Waals surface area contributed by atoms with Crippen molar-refractivity contribution >= 4 is 6.09 Å². The van der Waals surface area contributed by atoms with Crippen LogP contribution in [-0.2, 0) is 4.74 Å². The summed E-state index contributed by atoms with van der Waals surface area (Å²) < 4.78 is 5.48. The second-order valence-corrected chi connectivity index (χ2v) is 10.4. The molecule has 1 aliphatic heterocycles. The first-order valence-corrected chi connectivity index (χ1v) is 9.76. The molecule has 1 saturated carbocycles. The quantitative estimate of drug-likeness (QED) is 0.810. The number of hydrogen-bond acceptors (Lipinski definition) is 4. The fraction of sp³-hybridized carbons (Fsp3) is 0.950. The van der Waals surface area contributed by atoms with Crippen LogP contribution in [0.25, 0.3) is 0 Å². The number of aliphatic hydroxyl groups excluding tert-OH is 1. The normalized spacial score (nSPS) is 22.6. The maximum atomic E-state index is 12.2. The van der Waals surface area contributed by atoms with Crippen molar-refractivity contribution in [2.45, 2.75) is 91.3 Å². The van der Waals surface area contributed by atoms with Gasteiger partial charge in [-0.1, -0.05) is 20.8 Å². The second kappa shape index (κ2) is 7.43. The third kappa shape index (κ3) is 6.14. The Kier molecular flexibility index (Phi) is 6.10. The van der Waals surface area contributed by atoms with Crippen LogP contribution in [0, 0.1) is 10.8 Å². The van der Waals surface area contributed by atoms with Crippen LogP contribution in [0.3, 0.4) is 0 Å². The summed E-state index contributed by atoms with van der Waals surface area (Å²) in [5.41, 5.74) is 0.183. The van der Waals surface area contributed by atoms with Crippen molar-refractivity contribution in [1.29, 1.82) is 0 Å². The molecular formula is C20H38N2O3. The Labute approximate surface area is 153 Å². The first kappa shape index (κ1) is 20.5. The van der Waals surface area contributed by atoms with Gasteiger partial charge in [0.2, 0.25) is 0 Å². The fourth-order valence-electron chi connectivity index (χ4n) is 4.25. The van der Waals surface area contributed by atoms with E-state index < -0.39 is 5.60 Å². The predicted molar refractivity (Wildman–Crippen MR) is 101 cm³/mol. The van der Waals surface area contributed by atoms with E-state index in [4.69, 9.17) is 4.74 Å². The number of rotatable bonds is 4. The van der Waals surface area contributed by atoms with E-state index in [1.54, 1.807) is 0 Å². The number of carbonyl (C=O) groups excluding carboxylic acids is 1. The van der Waals surface area contributed by atoms with Crippen LogP contribution in [0.1, 0.15) is 73.6 Å². The molecule has 1 unspecified atom stereocenters. The first-order valence-electron chi connectivity index (χ1n) is 9.76. The largest absolute Gasteiger partial charge is 0.444 e. The molecule has 5 nitrogen and oxygen atoms in total. The Morgan fingerprint density at radius 3 is 2.20 bits per heavy atom. The van der Waals surface area contributed by atoms with Crippen molar-refractivity contribution in [3.63, 3.8) is 0 Å². The van der Waals surface area contributed by atoms with Crippen molar-refractivity contribution in [2.24, 2.45) is 10.8 Å². The van der Waals surface area contributed by atoms with Gasteiger partial charge in [-0.05, 0) is 63.7 Å². The van der Waals surface area contributed by atoms with Crippen molar-refractivity contribution in [2.75, 3.05) is 19.7 Å². The van der Waals surface area contributed by atoms with E-state index in [9.17, 15) is 9.90 Å². The highest BCUT2D eigenvalue weighted by atomic mass is 16.6. The number of nitrogens with one attached hydrogen (secondary N) is 1. The molecule has 1 amide bonds. The van der Waals surface area contributed by atoms with Crippen LogP contribution in [-0.4, -0.2) is 53.5 Å². The zero-order chi connectivity index (χ0) is 18.9. The van der Waals surface area contributed by atoms with Gasteiger partial charge < -0.3 is 20.1 Å². The van der Waals surface area contributed by atoms with Gasteiger partial charge in [0.15, 0.2) is 0 Å². The van der Waals surface area contributed by atoms with E-state index in [1.807, 2.05) is 25.7 Å². The summed E-state index contributed by atoms with van der Waals surface area (Å²) >= 11 is 0. The molecule has 1 spiro atoms. The highest BCUT2D eigenvalue weighted by Gasteiger charge is 2.47. The topological polar surface area (TPSA) is 61.8 Å². The summed E-state index contributed by atoms with van der Waals surface area (Å²) in [6.07, 6.45) is 5.26. The van der Waals surface area contributed by atoms with E-state index in [0.717, 1.165) is 45.2 Å². The lowest BCUT2D eigenvalue weighted by Gasteiger charge is -2.53. The Morgan fingerprint density at radius 1 is 1.20 bits per heavy atom. The lowest BCUT2D eigenvalue weighted by Crippen LogP contribution is -2.57. The van der Waals surface area contributed by atoms with Crippen LogP contribution in [0.15, 0.2) is 0 Å². The Bertz CT molecular complexity index is 449. The molecule has 0 aromatic carbocycles. The number of hydrogen-bond donors (Lipinski definition) is 2. The molecular weight excluding hydrogens is 316 g/mol. The zero-order valence-corrected chi connectivity index (χ0v) is 17.0. The summed E-state index contributed by atoms with van der Waals surface area (Å²) in [5.74, 6) is 0. The fourth-order valence-corrected chi connectivity index (χ4v) is 4.25. The van der Waals surface area contributed by atoms with Crippen LogP contribution < -0.4 is 5.32 Å². The monoisotopic (exact) mass is 354 g/mol. The molecule has 2 N–H and O–H groups in total. The summed E-state index contributed by atoms with van der Waals surface area (Å²) in [6.45, 7) is 14.2. The van der Waals surface area contributed by atoms with E-state index in [0.29, 0.717) is 11.5 Å². The van der Waals surface area contributed by atoms with E-state index in [-0.39, 0.29) is 24.2 Å². The van der Waals surface area contributed by atoms with Crippen molar-refractivity contribution in [3.05, 3.63) is 0 Å². The molecule has 25 heavy (non-hydrogen) atoms. The molecule has 2 rings (SSSR count). The van der Waals surface area contributed by atoms with Gasteiger partial charge in [-0.3, -0.25) is 0 Å². The summed E-state index contributed by atoms with van der Waals surface area (Å²) in [4.78, 5) is 14.0. The van der Waals surface area contributed by atoms with Gasteiger partial charge >= 0.3 is 6.09 Å². The molecule has 146 valence electrons. The third-order valence-electron chi connectivity index (χ3n) is 5.39. The second-order valence-electron chi connectivity index (χ2n) is 10.4. The van der Waals surface area contributed by atoms with E-state index >= 15 is 0 Å². The molecule has 0 aromatic heterocycles. The third-order valence-corrected chi connectivity index (χ3v) is 5.39. The molecule has 0 aromatic rings. The molecule has 2 aliphatic rings. The molecule has 1 saturated heterocycles. The summed E-state index contributed by atoms with van der Waals surface area (Å²) in [6, 6.07) is 0.691. The minimum absolute atomic E-state index is 0.179. The van der Waals surface area contributed by atoms with Gasteiger partial charge in [0.05, 0.1) is 6.61 Å². The molecule has 0 radical (unpaired) electrons. The number of amides is 1. The van der Waals surface area contributed by atoms with Gasteiger partial charge in [0.1, 0.15) is 5.60 Å². The average molecular weight is 355 g/mol. The highest BCUT2D eigenvalue weighted by Crippen LogP contribution is 2.49.